The minimum Gasteiger partial charge on any atom is -0.478 e. The Morgan fingerprint density at radius 2 is 1.76 bits per heavy atom. The smallest absolute Gasteiger partial charge is 0.335 e. The molecule has 0 fully saturated rings. The topological polar surface area (TPSA) is 86.6 Å². The molecule has 1 aromatic rings. The molecule has 0 heterocycles. The van der Waals surface area contributed by atoms with Crippen molar-refractivity contribution in [3.8, 4) is 0 Å². The zero-order chi connectivity index (χ0) is 12.7. The first kappa shape index (κ1) is 13.2. The van der Waals surface area contributed by atoms with Crippen LogP contribution in [0.25, 0.3) is 0 Å². The van der Waals surface area contributed by atoms with Gasteiger partial charge in [-0.05, 0) is 37.1 Å². The third-order valence-electron chi connectivity index (χ3n) is 2.23. The average molecular weight is 237 g/mol. The van der Waals surface area contributed by atoms with E-state index in [1.165, 1.54) is 12.1 Å². The lowest BCUT2D eigenvalue weighted by Crippen LogP contribution is -2.11. The standard InChI is InChI=1S/C12H15NO4/c14-8-2-1-3-11(15)13-10-6-4-9(5-7-10)12(16)17/h4-7,14H,1-3,8H2,(H,13,15)(H,16,17). The van der Waals surface area contributed by atoms with Gasteiger partial charge in [0.05, 0.1) is 5.56 Å². The number of benzene rings is 1. The summed E-state index contributed by atoms with van der Waals surface area (Å²) in [4.78, 5) is 22.0. The van der Waals surface area contributed by atoms with Crippen LogP contribution < -0.4 is 5.32 Å². The van der Waals surface area contributed by atoms with Crippen molar-refractivity contribution in [2.75, 3.05) is 11.9 Å². The molecular weight excluding hydrogens is 222 g/mol. The van der Waals surface area contributed by atoms with Crippen LogP contribution in [-0.2, 0) is 4.79 Å². The maximum Gasteiger partial charge on any atom is 0.335 e. The average Bonchev–Trinajstić information content (AvgIpc) is 2.30. The third-order valence-corrected chi connectivity index (χ3v) is 2.23. The Labute approximate surface area is 99.1 Å². The Morgan fingerprint density at radius 1 is 1.12 bits per heavy atom. The minimum atomic E-state index is -0.995. The number of anilines is 1. The van der Waals surface area contributed by atoms with E-state index in [-0.39, 0.29) is 18.1 Å². The Balaban J connectivity index is 2.46. The van der Waals surface area contributed by atoms with Gasteiger partial charge >= 0.3 is 5.97 Å². The number of carbonyl (C=O) groups is 2. The summed E-state index contributed by atoms with van der Waals surface area (Å²) in [6.45, 7) is 0.0839. The van der Waals surface area contributed by atoms with Crippen molar-refractivity contribution >= 4 is 17.6 Å². The van der Waals surface area contributed by atoms with Crippen LogP contribution in [0.3, 0.4) is 0 Å². The number of hydrogen-bond donors (Lipinski definition) is 3. The molecule has 0 atom stereocenters. The highest BCUT2D eigenvalue weighted by atomic mass is 16.4. The van der Waals surface area contributed by atoms with E-state index >= 15 is 0 Å². The number of hydrogen-bond acceptors (Lipinski definition) is 3. The summed E-state index contributed by atoms with van der Waals surface area (Å²) in [6, 6.07) is 5.97. The van der Waals surface area contributed by atoms with Gasteiger partial charge < -0.3 is 15.5 Å². The molecule has 3 N–H and O–H groups in total. The molecule has 0 spiro atoms. The van der Waals surface area contributed by atoms with E-state index in [1.807, 2.05) is 0 Å². The first-order valence-corrected chi connectivity index (χ1v) is 5.37. The van der Waals surface area contributed by atoms with Gasteiger partial charge in [-0.15, -0.1) is 0 Å². The number of unbranched alkanes of at least 4 members (excludes halogenated alkanes) is 1. The molecule has 5 nitrogen and oxygen atoms in total. The Bertz CT molecular complexity index is 386. The number of carboxylic acid groups (broad SMARTS) is 1. The normalized spacial score (nSPS) is 9.94. The van der Waals surface area contributed by atoms with E-state index in [0.29, 0.717) is 24.9 Å². The van der Waals surface area contributed by atoms with Gasteiger partial charge in [-0.2, -0.15) is 0 Å². The van der Waals surface area contributed by atoms with Crippen molar-refractivity contribution in [3.63, 3.8) is 0 Å². The van der Waals surface area contributed by atoms with Gasteiger partial charge in [-0.25, -0.2) is 4.79 Å². The van der Waals surface area contributed by atoms with Crippen molar-refractivity contribution in [1.82, 2.24) is 0 Å². The summed E-state index contributed by atoms with van der Waals surface area (Å²) in [5, 5.41) is 19.9. The Kier molecular flexibility index (Phi) is 5.16. The third kappa shape index (κ3) is 4.65. The SMILES string of the molecule is O=C(CCCCO)Nc1ccc(C(=O)O)cc1. The van der Waals surface area contributed by atoms with Crippen LogP contribution in [0.2, 0.25) is 0 Å². The van der Waals surface area contributed by atoms with Gasteiger partial charge in [0.15, 0.2) is 0 Å². The molecule has 0 radical (unpaired) electrons. The Morgan fingerprint density at radius 3 is 2.29 bits per heavy atom. The number of carbonyl (C=O) groups excluding carboxylic acids is 1. The minimum absolute atomic E-state index is 0.0839. The summed E-state index contributed by atoms with van der Waals surface area (Å²) in [5.41, 5.74) is 0.757. The molecule has 1 amide bonds. The summed E-state index contributed by atoms with van der Waals surface area (Å²) in [5.74, 6) is -1.13. The van der Waals surface area contributed by atoms with Crippen LogP contribution in [0.4, 0.5) is 5.69 Å². The first-order valence-electron chi connectivity index (χ1n) is 5.37. The lowest BCUT2D eigenvalue weighted by Gasteiger charge is -2.04. The quantitative estimate of drug-likeness (QED) is 0.654. The van der Waals surface area contributed by atoms with E-state index in [1.54, 1.807) is 12.1 Å². The largest absolute Gasteiger partial charge is 0.478 e. The van der Waals surface area contributed by atoms with Crippen molar-refractivity contribution in [2.45, 2.75) is 19.3 Å². The number of amides is 1. The molecule has 0 aliphatic carbocycles. The van der Waals surface area contributed by atoms with E-state index < -0.39 is 5.97 Å². The fourth-order valence-corrected chi connectivity index (χ4v) is 1.32. The fourth-order valence-electron chi connectivity index (χ4n) is 1.32. The van der Waals surface area contributed by atoms with Gasteiger partial charge in [0.2, 0.25) is 5.91 Å². The van der Waals surface area contributed by atoms with E-state index in [9.17, 15) is 9.59 Å². The van der Waals surface area contributed by atoms with Crippen LogP contribution in [0.5, 0.6) is 0 Å². The number of aromatic carboxylic acids is 1. The van der Waals surface area contributed by atoms with Gasteiger partial charge in [-0.3, -0.25) is 4.79 Å². The summed E-state index contributed by atoms with van der Waals surface area (Å²) in [7, 11) is 0. The number of aliphatic hydroxyl groups excluding tert-OH is 1. The van der Waals surface area contributed by atoms with Crippen LogP contribution in [0.15, 0.2) is 24.3 Å². The van der Waals surface area contributed by atoms with Crippen LogP contribution in [0, 0.1) is 0 Å². The van der Waals surface area contributed by atoms with Gasteiger partial charge in [0.1, 0.15) is 0 Å². The molecule has 0 unspecified atom stereocenters. The van der Waals surface area contributed by atoms with Gasteiger partial charge in [0, 0.05) is 18.7 Å². The van der Waals surface area contributed by atoms with Gasteiger partial charge in [-0.1, -0.05) is 0 Å². The highest BCUT2D eigenvalue weighted by Crippen LogP contribution is 2.10. The predicted molar refractivity (Wildman–Crippen MR) is 63.0 cm³/mol. The molecule has 92 valence electrons. The molecular formula is C12H15NO4. The fraction of sp³-hybridized carbons (Fsp3) is 0.333. The van der Waals surface area contributed by atoms with Crippen molar-refractivity contribution in [3.05, 3.63) is 29.8 Å². The van der Waals surface area contributed by atoms with Crippen molar-refractivity contribution in [2.24, 2.45) is 0 Å². The maximum atomic E-state index is 11.4. The summed E-state index contributed by atoms with van der Waals surface area (Å²) >= 11 is 0. The van der Waals surface area contributed by atoms with Crippen molar-refractivity contribution in [1.29, 1.82) is 0 Å². The monoisotopic (exact) mass is 237 g/mol. The zero-order valence-corrected chi connectivity index (χ0v) is 9.35. The second-order valence-electron chi connectivity index (χ2n) is 3.61. The highest BCUT2D eigenvalue weighted by Gasteiger charge is 2.04. The summed E-state index contributed by atoms with van der Waals surface area (Å²) < 4.78 is 0. The number of nitrogens with one attached hydrogen (secondary N) is 1. The Hall–Kier alpha value is -1.88. The van der Waals surface area contributed by atoms with Crippen LogP contribution in [-0.4, -0.2) is 28.7 Å². The highest BCUT2D eigenvalue weighted by molar-refractivity contribution is 5.92. The van der Waals surface area contributed by atoms with E-state index in [0.717, 1.165) is 0 Å². The lowest BCUT2D eigenvalue weighted by atomic mass is 10.2. The molecule has 17 heavy (non-hydrogen) atoms. The molecule has 5 heteroatoms. The number of carboxylic acids is 1. The van der Waals surface area contributed by atoms with Crippen LogP contribution in [0.1, 0.15) is 29.6 Å². The van der Waals surface area contributed by atoms with Crippen LogP contribution >= 0.6 is 0 Å². The van der Waals surface area contributed by atoms with E-state index in [2.05, 4.69) is 5.32 Å². The van der Waals surface area contributed by atoms with Crippen molar-refractivity contribution < 1.29 is 19.8 Å². The predicted octanol–water partition coefficient (Wildman–Crippen LogP) is 1.49. The molecule has 0 aliphatic rings. The molecule has 0 aromatic heterocycles. The zero-order valence-electron chi connectivity index (χ0n) is 9.35. The first-order chi connectivity index (χ1) is 8.13. The van der Waals surface area contributed by atoms with E-state index in [4.69, 9.17) is 10.2 Å². The molecule has 0 aliphatic heterocycles. The molecule has 1 rings (SSSR count). The van der Waals surface area contributed by atoms with Gasteiger partial charge in [0.25, 0.3) is 0 Å². The molecule has 0 saturated heterocycles. The number of aliphatic hydroxyl groups is 1. The molecule has 0 bridgehead atoms. The number of rotatable bonds is 6. The second kappa shape index (κ2) is 6.65. The molecule has 0 saturated carbocycles. The second-order valence-corrected chi connectivity index (χ2v) is 3.61. The summed E-state index contributed by atoms with van der Waals surface area (Å²) in [6.07, 6.45) is 1.59. The molecule has 1 aromatic carbocycles. The lowest BCUT2D eigenvalue weighted by molar-refractivity contribution is -0.116. The maximum absolute atomic E-state index is 11.4.